The Morgan fingerprint density at radius 2 is 2.08 bits per heavy atom. The second-order valence-electron chi connectivity index (χ2n) is 7.64. The second kappa shape index (κ2) is 6.38. The van der Waals surface area contributed by atoms with E-state index in [1.54, 1.807) is 0 Å². The molecule has 0 aromatic heterocycles. The predicted octanol–water partition coefficient (Wildman–Crippen LogP) is 2.89. The molecule has 0 aliphatic carbocycles. The van der Waals surface area contributed by atoms with Crippen LogP contribution < -0.4 is 0 Å². The van der Waals surface area contributed by atoms with Gasteiger partial charge in [0.1, 0.15) is 18.5 Å². The zero-order chi connectivity index (χ0) is 18.4. The number of fused-ring (bicyclic) bond motifs is 3. The molecule has 0 fully saturated rings. The van der Waals surface area contributed by atoms with Crippen LogP contribution in [-0.4, -0.2) is 53.1 Å². The number of hydrogen-bond donors (Lipinski definition) is 0. The van der Waals surface area contributed by atoms with E-state index < -0.39 is 0 Å². The van der Waals surface area contributed by atoms with E-state index in [0.717, 1.165) is 36.6 Å². The highest BCUT2D eigenvalue weighted by molar-refractivity contribution is 6.07. The Morgan fingerprint density at radius 3 is 2.81 bits per heavy atom. The van der Waals surface area contributed by atoms with Crippen molar-refractivity contribution in [1.29, 1.82) is 0 Å². The topological polar surface area (TPSA) is 48.3 Å². The van der Waals surface area contributed by atoms with Crippen LogP contribution in [0.5, 0.6) is 0 Å². The molecule has 26 heavy (non-hydrogen) atoms. The third-order valence-electron chi connectivity index (χ3n) is 5.60. The molecule has 0 radical (unpaired) electrons. The van der Waals surface area contributed by atoms with E-state index in [1.165, 1.54) is 16.8 Å². The van der Waals surface area contributed by atoms with Gasteiger partial charge in [-0.1, -0.05) is 32.0 Å². The summed E-state index contributed by atoms with van der Waals surface area (Å²) < 4.78 is 0. The van der Waals surface area contributed by atoms with Gasteiger partial charge in [-0.15, -0.1) is 0 Å². The molecule has 1 aromatic carbocycles. The zero-order valence-corrected chi connectivity index (χ0v) is 16.0. The molecule has 0 spiro atoms. The monoisotopic (exact) mass is 350 g/mol. The summed E-state index contributed by atoms with van der Waals surface area (Å²) in [4.78, 5) is 26.2. The van der Waals surface area contributed by atoms with Gasteiger partial charge >= 0.3 is 0 Å². The number of amides is 1. The third-order valence-corrected chi connectivity index (χ3v) is 5.60. The number of rotatable bonds is 1. The fourth-order valence-corrected chi connectivity index (χ4v) is 4.02. The lowest BCUT2D eigenvalue weighted by Crippen LogP contribution is -2.36. The number of aryl methyl sites for hydroxylation is 1. The van der Waals surface area contributed by atoms with E-state index in [1.807, 2.05) is 4.90 Å². The Kier molecular flexibility index (Phi) is 4.17. The highest BCUT2D eigenvalue weighted by Crippen LogP contribution is 2.32. The quantitative estimate of drug-likeness (QED) is 0.782. The van der Waals surface area contributed by atoms with Crippen LogP contribution in [0.3, 0.4) is 0 Å². The average molecular weight is 350 g/mol. The lowest BCUT2D eigenvalue weighted by molar-refractivity contribution is -0.126. The van der Waals surface area contributed by atoms with Gasteiger partial charge in [0.25, 0.3) is 0 Å². The van der Waals surface area contributed by atoms with Gasteiger partial charge in [-0.25, -0.2) is 0 Å². The fraction of sp³-hybridized carbons (Fsp3) is 0.476. The first-order chi connectivity index (χ1) is 12.5. The van der Waals surface area contributed by atoms with Crippen LogP contribution in [0.4, 0.5) is 0 Å². The van der Waals surface area contributed by atoms with Gasteiger partial charge in [-0.05, 0) is 37.3 Å². The van der Waals surface area contributed by atoms with Crippen molar-refractivity contribution < 1.29 is 4.79 Å². The van der Waals surface area contributed by atoms with Gasteiger partial charge in [-0.3, -0.25) is 14.8 Å². The van der Waals surface area contributed by atoms with Crippen molar-refractivity contribution in [2.24, 2.45) is 15.9 Å². The first-order valence-corrected chi connectivity index (χ1v) is 9.44. The maximum atomic E-state index is 12.7. The van der Waals surface area contributed by atoms with Crippen molar-refractivity contribution in [2.45, 2.75) is 40.3 Å². The van der Waals surface area contributed by atoms with Crippen LogP contribution in [0.2, 0.25) is 0 Å². The summed E-state index contributed by atoms with van der Waals surface area (Å²) in [7, 11) is 0. The third kappa shape index (κ3) is 2.75. The lowest BCUT2D eigenvalue weighted by atomic mass is 9.92. The van der Waals surface area contributed by atoms with Gasteiger partial charge in [-0.2, -0.15) is 0 Å². The van der Waals surface area contributed by atoms with Gasteiger partial charge in [0, 0.05) is 23.9 Å². The molecular weight excluding hydrogens is 324 g/mol. The second-order valence-corrected chi connectivity index (χ2v) is 7.64. The fourth-order valence-electron chi connectivity index (χ4n) is 4.02. The molecular formula is C21H26N4O. The highest BCUT2D eigenvalue weighted by atomic mass is 16.2. The van der Waals surface area contributed by atoms with Gasteiger partial charge in [0.15, 0.2) is 0 Å². The predicted molar refractivity (Wildman–Crippen MR) is 105 cm³/mol. The van der Waals surface area contributed by atoms with Gasteiger partial charge in [0.2, 0.25) is 5.91 Å². The minimum absolute atomic E-state index is 0.0604. The first-order valence-electron chi connectivity index (χ1n) is 9.44. The van der Waals surface area contributed by atoms with Crippen LogP contribution in [0, 0.1) is 12.8 Å². The van der Waals surface area contributed by atoms with E-state index >= 15 is 0 Å². The minimum atomic E-state index is 0.0604. The largest absolute Gasteiger partial charge is 0.329 e. The van der Waals surface area contributed by atoms with Crippen LogP contribution in [0.15, 0.2) is 34.3 Å². The SMILES string of the molecule is Cc1cccc2c1CCN1C(=O)CN=C(N3CC(C(C)C)=NC3C)C=C21. The Hall–Kier alpha value is -2.43. The smallest absolute Gasteiger partial charge is 0.248 e. The number of benzene rings is 1. The first kappa shape index (κ1) is 17.0. The lowest BCUT2D eigenvalue weighted by Gasteiger charge is -2.32. The Bertz CT molecular complexity index is 850. The number of hydrogen-bond acceptors (Lipinski definition) is 4. The Labute approximate surface area is 155 Å². The number of aliphatic imine (C=N–C) groups is 2. The molecule has 1 aromatic rings. The van der Waals surface area contributed by atoms with E-state index in [2.05, 4.69) is 61.9 Å². The molecule has 1 atom stereocenters. The number of carbonyl (C=O) groups is 1. The molecule has 0 N–H and O–H groups in total. The number of amidine groups is 1. The minimum Gasteiger partial charge on any atom is -0.329 e. The van der Waals surface area contributed by atoms with E-state index in [-0.39, 0.29) is 18.6 Å². The van der Waals surface area contributed by atoms with Crippen molar-refractivity contribution in [1.82, 2.24) is 9.80 Å². The number of nitrogens with zero attached hydrogens (tertiary/aromatic N) is 4. The normalized spacial score (nSPS) is 22.6. The molecule has 1 unspecified atom stereocenters. The van der Waals surface area contributed by atoms with E-state index in [0.29, 0.717) is 5.92 Å². The molecule has 5 nitrogen and oxygen atoms in total. The molecule has 3 aliphatic rings. The van der Waals surface area contributed by atoms with Crippen molar-refractivity contribution in [3.05, 3.63) is 41.0 Å². The van der Waals surface area contributed by atoms with Crippen LogP contribution >= 0.6 is 0 Å². The maximum absolute atomic E-state index is 12.7. The van der Waals surface area contributed by atoms with E-state index in [4.69, 9.17) is 4.99 Å². The summed E-state index contributed by atoms with van der Waals surface area (Å²) in [6.45, 7) is 10.3. The highest BCUT2D eigenvalue weighted by Gasteiger charge is 2.32. The molecule has 4 rings (SSSR count). The molecule has 3 aliphatic heterocycles. The molecule has 0 saturated heterocycles. The number of carbonyl (C=O) groups excluding carboxylic acids is 1. The Morgan fingerprint density at radius 1 is 1.27 bits per heavy atom. The molecule has 5 heteroatoms. The molecule has 136 valence electrons. The van der Waals surface area contributed by atoms with E-state index in [9.17, 15) is 4.79 Å². The van der Waals surface area contributed by atoms with Crippen LogP contribution in [0.1, 0.15) is 37.5 Å². The van der Waals surface area contributed by atoms with Crippen molar-refractivity contribution in [3.8, 4) is 0 Å². The standard InChI is InChI=1S/C21H26N4O/c1-13(2)18-12-25(15(4)23-18)20-10-19-17-7-5-6-14(3)16(17)8-9-24(19)21(26)11-22-20/h5-7,10,13,15H,8-9,11-12H2,1-4H3. The molecule has 1 amide bonds. The zero-order valence-electron chi connectivity index (χ0n) is 16.0. The summed E-state index contributed by atoms with van der Waals surface area (Å²) in [6, 6.07) is 6.34. The maximum Gasteiger partial charge on any atom is 0.248 e. The van der Waals surface area contributed by atoms with Crippen molar-refractivity contribution in [3.63, 3.8) is 0 Å². The molecule has 0 bridgehead atoms. The van der Waals surface area contributed by atoms with Crippen molar-refractivity contribution >= 4 is 23.2 Å². The average Bonchev–Trinajstić information content (AvgIpc) is 2.92. The Balaban J connectivity index is 1.75. The summed E-state index contributed by atoms with van der Waals surface area (Å²) in [5, 5.41) is 0. The van der Waals surface area contributed by atoms with Gasteiger partial charge < -0.3 is 9.80 Å². The van der Waals surface area contributed by atoms with Gasteiger partial charge in [0.05, 0.1) is 12.2 Å². The summed E-state index contributed by atoms with van der Waals surface area (Å²) in [5.41, 5.74) is 5.99. The van der Waals surface area contributed by atoms with Crippen LogP contribution in [-0.2, 0) is 11.2 Å². The summed E-state index contributed by atoms with van der Waals surface area (Å²) in [6.07, 6.45) is 3.06. The molecule has 3 heterocycles. The summed E-state index contributed by atoms with van der Waals surface area (Å²) in [5.74, 6) is 1.38. The molecule has 0 saturated carbocycles. The van der Waals surface area contributed by atoms with Crippen LogP contribution in [0.25, 0.3) is 5.70 Å². The van der Waals surface area contributed by atoms with Crippen molar-refractivity contribution in [2.75, 3.05) is 19.6 Å². The summed E-state index contributed by atoms with van der Waals surface area (Å²) >= 11 is 0.